The van der Waals surface area contributed by atoms with Gasteiger partial charge in [-0.15, -0.1) is 0 Å². The molecule has 2 aromatic rings. The van der Waals surface area contributed by atoms with Gasteiger partial charge in [-0.1, -0.05) is 17.3 Å². The van der Waals surface area contributed by atoms with Crippen molar-refractivity contribution in [2.75, 3.05) is 24.7 Å². The maximum absolute atomic E-state index is 12.4. The van der Waals surface area contributed by atoms with Crippen LogP contribution in [-0.2, 0) is 5.75 Å². The lowest BCUT2D eigenvalue weighted by Crippen LogP contribution is -2.40. The van der Waals surface area contributed by atoms with Crippen molar-refractivity contribution in [1.82, 2.24) is 15.0 Å². The number of nitrogens with one attached hydrogen (secondary N) is 1. The second-order valence-corrected chi connectivity index (χ2v) is 6.87. The number of carbonyl (C=O) groups is 1. The van der Waals surface area contributed by atoms with E-state index in [4.69, 9.17) is 4.52 Å². The molecule has 3 rings (SSSR count). The van der Waals surface area contributed by atoms with E-state index in [1.54, 1.807) is 11.8 Å². The first-order chi connectivity index (χ1) is 11.7. The summed E-state index contributed by atoms with van der Waals surface area (Å²) in [6, 6.07) is 7.97. The van der Waals surface area contributed by atoms with E-state index in [9.17, 15) is 4.79 Å². The fourth-order valence-electron chi connectivity index (χ4n) is 2.86. The monoisotopic (exact) mass is 346 g/mol. The molecule has 2 amide bonds. The lowest BCUT2D eigenvalue weighted by Gasteiger charge is -2.30. The Labute approximate surface area is 146 Å². The maximum atomic E-state index is 12.4. The number of hydrogen-bond acceptors (Lipinski definition) is 5. The predicted octanol–water partition coefficient (Wildman–Crippen LogP) is 3.65. The molecule has 0 bridgehead atoms. The molecule has 1 aromatic heterocycles. The molecule has 2 heterocycles. The average Bonchev–Trinajstić information content (AvgIpc) is 3.03. The van der Waals surface area contributed by atoms with E-state index >= 15 is 0 Å². The van der Waals surface area contributed by atoms with Crippen LogP contribution in [-0.4, -0.2) is 40.4 Å². The molecule has 0 unspecified atom stereocenters. The number of carbonyl (C=O) groups excluding carboxylic acids is 1. The Bertz CT molecular complexity index is 678. The molecule has 1 aromatic carbocycles. The van der Waals surface area contributed by atoms with Crippen molar-refractivity contribution in [2.45, 2.75) is 31.4 Å². The summed E-state index contributed by atoms with van der Waals surface area (Å²) in [6.07, 6.45) is 3.78. The van der Waals surface area contributed by atoms with E-state index in [-0.39, 0.29) is 11.9 Å². The zero-order valence-corrected chi connectivity index (χ0v) is 14.8. The molecular weight excluding hydrogens is 324 g/mol. The molecule has 0 aliphatic carbocycles. The minimum atomic E-state index is -0.0484. The van der Waals surface area contributed by atoms with E-state index in [1.165, 1.54) is 5.56 Å². The van der Waals surface area contributed by atoms with Crippen molar-refractivity contribution in [3.63, 3.8) is 0 Å². The minimum absolute atomic E-state index is 0.0484. The Kier molecular flexibility index (Phi) is 5.40. The fourth-order valence-corrected chi connectivity index (χ4v) is 3.39. The minimum Gasteiger partial charge on any atom is -0.339 e. The normalized spacial score (nSPS) is 15.5. The van der Waals surface area contributed by atoms with Gasteiger partial charge in [-0.05, 0) is 43.7 Å². The van der Waals surface area contributed by atoms with Crippen LogP contribution in [0.3, 0.4) is 0 Å². The van der Waals surface area contributed by atoms with Crippen LogP contribution >= 0.6 is 11.8 Å². The van der Waals surface area contributed by atoms with Gasteiger partial charge in [0.25, 0.3) is 0 Å². The van der Waals surface area contributed by atoms with Crippen LogP contribution in [0.4, 0.5) is 10.5 Å². The number of benzene rings is 1. The zero-order chi connectivity index (χ0) is 16.9. The molecule has 6 nitrogen and oxygen atoms in total. The summed E-state index contributed by atoms with van der Waals surface area (Å²) in [4.78, 5) is 18.5. The number of urea groups is 1. The zero-order valence-electron chi connectivity index (χ0n) is 14.0. The van der Waals surface area contributed by atoms with Gasteiger partial charge in [-0.3, -0.25) is 0 Å². The van der Waals surface area contributed by atoms with Crippen LogP contribution in [0.25, 0.3) is 0 Å². The Morgan fingerprint density at radius 1 is 1.33 bits per heavy atom. The number of nitrogens with zero attached hydrogens (tertiary/aromatic N) is 3. The Balaban J connectivity index is 1.51. The number of hydrogen-bond donors (Lipinski definition) is 1. The molecule has 0 atom stereocenters. The largest absolute Gasteiger partial charge is 0.339 e. The van der Waals surface area contributed by atoms with Gasteiger partial charge in [-0.2, -0.15) is 16.7 Å². The number of piperidine rings is 1. The molecule has 1 aliphatic rings. The van der Waals surface area contributed by atoms with Crippen molar-refractivity contribution in [1.29, 1.82) is 0 Å². The molecule has 0 saturated carbocycles. The highest BCUT2D eigenvalue weighted by Crippen LogP contribution is 2.27. The standard InChI is InChI=1S/C17H22N4O2S/c1-12-18-16(23-20-12)14-7-9-21(10-8-14)17(22)19-15-5-3-13(4-6-15)11-24-2/h3-6,14H,7-11H2,1-2H3,(H,19,22). The molecule has 0 spiro atoms. The van der Waals surface area contributed by atoms with E-state index in [1.807, 2.05) is 24.0 Å². The first-order valence-corrected chi connectivity index (χ1v) is 9.49. The smallest absolute Gasteiger partial charge is 0.321 e. The molecule has 1 fully saturated rings. The van der Waals surface area contributed by atoms with Gasteiger partial charge >= 0.3 is 6.03 Å². The van der Waals surface area contributed by atoms with Crippen molar-refractivity contribution in [2.24, 2.45) is 0 Å². The number of aromatic nitrogens is 2. The van der Waals surface area contributed by atoms with Gasteiger partial charge in [0, 0.05) is 30.4 Å². The third-order valence-electron chi connectivity index (χ3n) is 4.19. The van der Waals surface area contributed by atoms with Crippen LogP contribution in [0.15, 0.2) is 28.8 Å². The third-order valence-corrected chi connectivity index (χ3v) is 4.81. The van der Waals surface area contributed by atoms with Gasteiger partial charge in [0.15, 0.2) is 5.82 Å². The Morgan fingerprint density at radius 2 is 2.04 bits per heavy atom. The van der Waals surface area contributed by atoms with E-state index < -0.39 is 0 Å². The number of aryl methyl sites for hydroxylation is 1. The molecular formula is C17H22N4O2S. The summed E-state index contributed by atoms with van der Waals surface area (Å²) in [5.41, 5.74) is 2.09. The SMILES string of the molecule is CSCc1ccc(NC(=O)N2CCC(c3nc(C)no3)CC2)cc1. The van der Waals surface area contributed by atoms with Gasteiger partial charge in [0.1, 0.15) is 0 Å². The highest BCUT2D eigenvalue weighted by Gasteiger charge is 2.27. The number of thioether (sulfide) groups is 1. The average molecular weight is 346 g/mol. The van der Waals surface area contributed by atoms with Gasteiger partial charge in [-0.25, -0.2) is 4.79 Å². The summed E-state index contributed by atoms with van der Waals surface area (Å²) in [7, 11) is 0. The number of amides is 2. The third kappa shape index (κ3) is 4.08. The molecule has 0 radical (unpaired) electrons. The van der Waals surface area contributed by atoms with Crippen LogP contribution in [0, 0.1) is 6.92 Å². The molecule has 1 aliphatic heterocycles. The van der Waals surface area contributed by atoms with Crippen molar-refractivity contribution in [3.05, 3.63) is 41.5 Å². The second kappa shape index (κ2) is 7.70. The molecule has 128 valence electrons. The summed E-state index contributed by atoms with van der Waals surface area (Å²) >= 11 is 1.78. The number of rotatable bonds is 4. The van der Waals surface area contributed by atoms with Crippen LogP contribution < -0.4 is 5.32 Å². The Morgan fingerprint density at radius 3 is 2.62 bits per heavy atom. The van der Waals surface area contributed by atoms with Crippen molar-refractivity contribution in [3.8, 4) is 0 Å². The highest BCUT2D eigenvalue weighted by molar-refractivity contribution is 7.97. The maximum Gasteiger partial charge on any atom is 0.321 e. The second-order valence-electron chi connectivity index (χ2n) is 6.00. The number of likely N-dealkylation sites (tertiary alicyclic amines) is 1. The molecule has 1 N–H and O–H groups in total. The van der Waals surface area contributed by atoms with E-state index in [0.717, 1.165) is 24.3 Å². The lowest BCUT2D eigenvalue weighted by molar-refractivity contribution is 0.187. The quantitative estimate of drug-likeness (QED) is 0.915. The summed E-state index contributed by atoms with van der Waals surface area (Å²) in [5, 5.41) is 6.81. The fraction of sp³-hybridized carbons (Fsp3) is 0.471. The molecule has 1 saturated heterocycles. The molecule has 7 heteroatoms. The summed E-state index contributed by atoms with van der Waals surface area (Å²) in [6.45, 7) is 3.21. The predicted molar refractivity (Wildman–Crippen MR) is 95.3 cm³/mol. The first-order valence-electron chi connectivity index (χ1n) is 8.09. The first kappa shape index (κ1) is 16.8. The Hall–Kier alpha value is -2.02. The summed E-state index contributed by atoms with van der Waals surface area (Å²) in [5.74, 6) is 2.59. The van der Waals surface area contributed by atoms with Crippen LogP contribution in [0.5, 0.6) is 0 Å². The van der Waals surface area contributed by atoms with Gasteiger partial charge < -0.3 is 14.7 Å². The van der Waals surface area contributed by atoms with Crippen molar-refractivity contribution < 1.29 is 9.32 Å². The van der Waals surface area contributed by atoms with Crippen LogP contribution in [0.2, 0.25) is 0 Å². The van der Waals surface area contributed by atoms with Gasteiger partial charge in [0.05, 0.1) is 0 Å². The molecule has 24 heavy (non-hydrogen) atoms. The topological polar surface area (TPSA) is 71.3 Å². The number of anilines is 1. The highest BCUT2D eigenvalue weighted by atomic mass is 32.2. The van der Waals surface area contributed by atoms with Gasteiger partial charge in [0.2, 0.25) is 5.89 Å². The van der Waals surface area contributed by atoms with Crippen molar-refractivity contribution >= 4 is 23.5 Å². The van der Waals surface area contributed by atoms with E-state index in [0.29, 0.717) is 24.8 Å². The van der Waals surface area contributed by atoms with Crippen LogP contribution in [0.1, 0.15) is 36.0 Å². The lowest BCUT2D eigenvalue weighted by atomic mass is 9.97. The van der Waals surface area contributed by atoms with E-state index in [2.05, 4.69) is 33.8 Å². The summed E-state index contributed by atoms with van der Waals surface area (Å²) < 4.78 is 5.24.